The lowest BCUT2D eigenvalue weighted by Crippen LogP contribution is -2.18. The van der Waals surface area contributed by atoms with Crippen LogP contribution in [-0.4, -0.2) is 23.9 Å². The molecule has 0 aliphatic heterocycles. The molecule has 0 aromatic heterocycles. The van der Waals surface area contributed by atoms with E-state index in [1.807, 2.05) is 45.2 Å². The molecule has 0 saturated carbocycles. The summed E-state index contributed by atoms with van der Waals surface area (Å²) in [5, 5.41) is 0. The van der Waals surface area contributed by atoms with E-state index in [9.17, 15) is 25.6 Å². The molecule has 0 aliphatic carbocycles. The summed E-state index contributed by atoms with van der Waals surface area (Å²) in [6.45, 7) is 0. The van der Waals surface area contributed by atoms with Crippen molar-refractivity contribution in [3.05, 3.63) is 73.4 Å². The molecular formula is C19H14F2I2N2O5S2. The van der Waals surface area contributed by atoms with E-state index in [-0.39, 0.29) is 17.1 Å². The molecular weight excluding hydrogens is 692 g/mol. The number of benzene rings is 3. The fourth-order valence-electron chi connectivity index (χ4n) is 2.59. The first-order chi connectivity index (χ1) is 14.9. The molecule has 3 aromatic carbocycles. The Kier molecular flexibility index (Phi) is 7.51. The Morgan fingerprint density at radius 1 is 0.750 bits per heavy atom. The zero-order valence-electron chi connectivity index (χ0n) is 16.1. The normalized spacial score (nSPS) is 11.8. The van der Waals surface area contributed by atoms with Crippen molar-refractivity contribution in [2.24, 2.45) is 0 Å². The van der Waals surface area contributed by atoms with Crippen molar-refractivity contribution >= 4 is 76.6 Å². The minimum atomic E-state index is -4.45. The van der Waals surface area contributed by atoms with E-state index >= 15 is 0 Å². The van der Waals surface area contributed by atoms with E-state index in [1.165, 1.54) is 31.4 Å². The Labute approximate surface area is 211 Å². The lowest BCUT2D eigenvalue weighted by Gasteiger charge is -2.15. The summed E-state index contributed by atoms with van der Waals surface area (Å²) in [4.78, 5) is -0.996. The predicted molar refractivity (Wildman–Crippen MR) is 133 cm³/mol. The number of hydrogen-bond acceptors (Lipinski definition) is 5. The van der Waals surface area contributed by atoms with Gasteiger partial charge in [-0.05, 0) is 99.8 Å². The molecule has 7 nitrogen and oxygen atoms in total. The number of halogens is 4. The Morgan fingerprint density at radius 3 is 1.75 bits per heavy atom. The average Bonchev–Trinajstić information content (AvgIpc) is 2.72. The third kappa shape index (κ3) is 5.60. The molecule has 3 rings (SSSR count). The van der Waals surface area contributed by atoms with Gasteiger partial charge < -0.3 is 4.74 Å². The summed E-state index contributed by atoms with van der Waals surface area (Å²) in [5.74, 6) is -1.78. The third-order valence-corrected chi connectivity index (χ3v) is 8.17. The number of nitrogens with one attached hydrogen (secondary N) is 2. The molecule has 0 amide bonds. The van der Waals surface area contributed by atoms with Crippen LogP contribution in [-0.2, 0) is 20.0 Å². The molecule has 13 heteroatoms. The van der Waals surface area contributed by atoms with Gasteiger partial charge in [-0.1, -0.05) is 0 Å². The Balaban J connectivity index is 2.04. The zero-order valence-corrected chi connectivity index (χ0v) is 22.0. The first-order valence-electron chi connectivity index (χ1n) is 8.57. The molecule has 3 aromatic rings. The topological polar surface area (TPSA) is 102 Å². The second kappa shape index (κ2) is 9.64. The van der Waals surface area contributed by atoms with Crippen LogP contribution in [0.1, 0.15) is 0 Å². The predicted octanol–water partition coefficient (Wildman–Crippen LogP) is 4.78. The van der Waals surface area contributed by atoms with Gasteiger partial charge in [0, 0.05) is 7.14 Å². The number of ether oxygens (including phenoxy) is 1. The fourth-order valence-corrected chi connectivity index (χ4v) is 5.98. The highest BCUT2D eigenvalue weighted by Gasteiger charge is 2.26. The number of rotatable bonds is 7. The Hall–Kier alpha value is -1.72. The van der Waals surface area contributed by atoms with Crippen LogP contribution in [0.15, 0.2) is 64.4 Å². The number of anilines is 2. The quantitative estimate of drug-likeness (QED) is 0.345. The highest BCUT2D eigenvalue weighted by molar-refractivity contribution is 14.1. The van der Waals surface area contributed by atoms with E-state index in [1.54, 1.807) is 0 Å². The lowest BCUT2D eigenvalue weighted by atomic mass is 10.3. The molecule has 0 fully saturated rings. The smallest absolute Gasteiger partial charge is 0.265 e. The minimum absolute atomic E-state index is 0.164. The first-order valence-corrected chi connectivity index (χ1v) is 13.7. The van der Waals surface area contributed by atoms with E-state index in [0.717, 1.165) is 30.3 Å². The van der Waals surface area contributed by atoms with Gasteiger partial charge in [-0.15, -0.1) is 0 Å². The van der Waals surface area contributed by atoms with Gasteiger partial charge in [0.15, 0.2) is 0 Å². The van der Waals surface area contributed by atoms with Gasteiger partial charge in [0.05, 0.1) is 23.4 Å². The molecule has 0 bridgehead atoms. The van der Waals surface area contributed by atoms with Crippen LogP contribution in [0.3, 0.4) is 0 Å². The Morgan fingerprint density at radius 2 is 1.25 bits per heavy atom. The molecule has 0 spiro atoms. The average molecular weight is 706 g/mol. The van der Waals surface area contributed by atoms with Gasteiger partial charge in [-0.2, -0.15) is 0 Å². The number of sulfonamides is 2. The van der Waals surface area contributed by atoms with E-state index in [0.29, 0.717) is 7.14 Å². The molecule has 0 saturated heterocycles. The molecule has 0 atom stereocenters. The van der Waals surface area contributed by atoms with Gasteiger partial charge in [0.2, 0.25) is 0 Å². The molecule has 170 valence electrons. The van der Waals surface area contributed by atoms with Crippen molar-refractivity contribution in [2.45, 2.75) is 9.79 Å². The van der Waals surface area contributed by atoms with Crippen LogP contribution in [0.25, 0.3) is 0 Å². The van der Waals surface area contributed by atoms with Gasteiger partial charge in [0.25, 0.3) is 20.0 Å². The van der Waals surface area contributed by atoms with E-state index in [4.69, 9.17) is 4.74 Å². The second-order valence-electron chi connectivity index (χ2n) is 6.27. The highest BCUT2D eigenvalue weighted by Crippen LogP contribution is 2.31. The lowest BCUT2D eigenvalue weighted by molar-refractivity contribution is 0.402. The number of hydrogen-bond donors (Lipinski definition) is 2. The van der Waals surface area contributed by atoms with Crippen molar-refractivity contribution in [3.63, 3.8) is 0 Å². The van der Waals surface area contributed by atoms with Crippen molar-refractivity contribution < 1.29 is 30.4 Å². The summed E-state index contributed by atoms with van der Waals surface area (Å²) >= 11 is 3.78. The van der Waals surface area contributed by atoms with Crippen molar-refractivity contribution in [3.8, 4) is 5.75 Å². The van der Waals surface area contributed by atoms with Gasteiger partial charge in [-0.3, -0.25) is 9.44 Å². The Bertz CT molecular complexity index is 1400. The van der Waals surface area contributed by atoms with Gasteiger partial charge in [0.1, 0.15) is 22.3 Å². The van der Waals surface area contributed by atoms with E-state index < -0.39 is 41.5 Å². The molecule has 0 unspecified atom stereocenters. The maximum Gasteiger partial charge on any atom is 0.265 e. The molecule has 32 heavy (non-hydrogen) atoms. The summed E-state index contributed by atoms with van der Waals surface area (Å²) in [7, 11) is -7.61. The summed E-state index contributed by atoms with van der Waals surface area (Å²) in [6, 6.07) is 10.8. The number of methoxy groups -OCH3 is 1. The van der Waals surface area contributed by atoms with Crippen LogP contribution >= 0.6 is 45.2 Å². The monoisotopic (exact) mass is 706 g/mol. The standard InChI is InChI=1S/C19H14F2I2N2O5S2/c1-30-18-7-4-13(31(26,27)24-16-8-11(22)2-5-14(16)20)10-19(18)32(28,29)25-17-9-12(23)3-6-15(17)21/h2-10,24-25H,1H3. The second-order valence-corrected chi connectivity index (χ2v) is 12.1. The van der Waals surface area contributed by atoms with Gasteiger partial charge >= 0.3 is 0 Å². The summed E-state index contributed by atoms with van der Waals surface area (Å²) < 4.78 is 90.0. The van der Waals surface area contributed by atoms with Crippen LogP contribution in [0.2, 0.25) is 0 Å². The fraction of sp³-hybridized carbons (Fsp3) is 0.0526. The van der Waals surface area contributed by atoms with Crippen molar-refractivity contribution in [1.29, 1.82) is 0 Å². The largest absolute Gasteiger partial charge is 0.495 e. The SMILES string of the molecule is COc1ccc(S(=O)(=O)Nc2cc(I)ccc2F)cc1S(=O)(=O)Nc1cc(I)ccc1F. The van der Waals surface area contributed by atoms with E-state index in [2.05, 4.69) is 9.44 Å². The van der Waals surface area contributed by atoms with Crippen LogP contribution in [0.5, 0.6) is 5.75 Å². The van der Waals surface area contributed by atoms with Gasteiger partial charge in [-0.25, -0.2) is 25.6 Å². The van der Waals surface area contributed by atoms with Crippen LogP contribution in [0, 0.1) is 18.8 Å². The van der Waals surface area contributed by atoms with Crippen molar-refractivity contribution in [2.75, 3.05) is 16.6 Å². The van der Waals surface area contributed by atoms with Crippen LogP contribution in [0.4, 0.5) is 20.2 Å². The molecule has 0 radical (unpaired) electrons. The first kappa shape index (κ1) is 24.9. The third-order valence-electron chi connectivity index (χ3n) is 4.08. The zero-order chi connectivity index (χ0) is 23.7. The highest BCUT2D eigenvalue weighted by atomic mass is 127. The molecule has 2 N–H and O–H groups in total. The molecule has 0 heterocycles. The van der Waals surface area contributed by atoms with Crippen LogP contribution < -0.4 is 14.2 Å². The minimum Gasteiger partial charge on any atom is -0.495 e. The summed E-state index contributed by atoms with van der Waals surface area (Å²) in [5.41, 5.74) is -0.609. The maximum absolute atomic E-state index is 14.1. The maximum atomic E-state index is 14.1. The molecule has 0 aliphatic rings. The van der Waals surface area contributed by atoms with Crippen molar-refractivity contribution in [1.82, 2.24) is 0 Å². The summed E-state index contributed by atoms with van der Waals surface area (Å²) in [6.07, 6.45) is 0.